The normalized spacial score (nSPS) is 19.3. The third kappa shape index (κ3) is 4.09. The average molecular weight is 443 g/mol. The summed E-state index contributed by atoms with van der Waals surface area (Å²) >= 11 is 0. The summed E-state index contributed by atoms with van der Waals surface area (Å²) in [5.74, 6) is 0.507. The van der Waals surface area contributed by atoms with Gasteiger partial charge in [-0.05, 0) is 48.9 Å². The van der Waals surface area contributed by atoms with Crippen LogP contribution in [0.3, 0.4) is 0 Å². The number of benzene rings is 2. The lowest BCUT2D eigenvalue weighted by Crippen LogP contribution is -2.36. The number of morpholine rings is 1. The second kappa shape index (κ2) is 9.29. The summed E-state index contributed by atoms with van der Waals surface area (Å²) in [6.07, 6.45) is 3.16. The van der Waals surface area contributed by atoms with Gasteiger partial charge in [0.05, 0.1) is 24.4 Å². The van der Waals surface area contributed by atoms with Gasteiger partial charge in [-0.25, -0.2) is 0 Å². The van der Waals surface area contributed by atoms with Crippen LogP contribution in [0.5, 0.6) is 0 Å². The van der Waals surface area contributed by atoms with Gasteiger partial charge < -0.3 is 19.1 Å². The fourth-order valence-electron chi connectivity index (χ4n) is 5.34. The highest BCUT2D eigenvalue weighted by molar-refractivity contribution is 5.96. The molecule has 6 nitrogen and oxygen atoms in total. The van der Waals surface area contributed by atoms with Crippen LogP contribution >= 0.6 is 0 Å². The van der Waals surface area contributed by atoms with Gasteiger partial charge in [0, 0.05) is 44.3 Å². The minimum Gasteiger partial charge on any atom is -0.378 e. The van der Waals surface area contributed by atoms with Crippen LogP contribution in [0, 0.1) is 11.3 Å². The molecule has 0 bridgehead atoms. The van der Waals surface area contributed by atoms with E-state index in [4.69, 9.17) is 4.74 Å². The Morgan fingerprint density at radius 1 is 0.970 bits per heavy atom. The van der Waals surface area contributed by atoms with Crippen molar-refractivity contribution in [1.29, 1.82) is 5.26 Å². The van der Waals surface area contributed by atoms with Crippen molar-refractivity contribution >= 4 is 22.3 Å². The van der Waals surface area contributed by atoms with Crippen LogP contribution in [-0.4, -0.2) is 44.0 Å². The molecule has 2 aliphatic heterocycles. The standard InChI is InChI=1S/C27H30N4O2/c1-29-25-18-22(30-14-16-33-17-15-30)9-10-23(25)26(24(19-28)27(29)32)31-12-5-8-21(11-13-31)20-6-3-2-4-7-20/h2-4,6-7,9-10,18,21H,5,8,11-17H2,1H3. The van der Waals surface area contributed by atoms with E-state index < -0.39 is 0 Å². The number of hydrogen-bond acceptors (Lipinski definition) is 5. The van der Waals surface area contributed by atoms with Crippen molar-refractivity contribution in [3.63, 3.8) is 0 Å². The monoisotopic (exact) mass is 442 g/mol. The van der Waals surface area contributed by atoms with E-state index in [9.17, 15) is 10.1 Å². The molecule has 2 fully saturated rings. The highest BCUT2D eigenvalue weighted by atomic mass is 16.5. The molecule has 2 aliphatic rings. The molecule has 2 aromatic carbocycles. The highest BCUT2D eigenvalue weighted by Gasteiger charge is 2.25. The number of fused-ring (bicyclic) bond motifs is 1. The number of pyridine rings is 1. The number of rotatable bonds is 3. The zero-order chi connectivity index (χ0) is 22.8. The maximum absolute atomic E-state index is 13.2. The van der Waals surface area contributed by atoms with Gasteiger partial charge in [0.25, 0.3) is 5.56 Å². The second-order valence-electron chi connectivity index (χ2n) is 9.03. The Balaban J connectivity index is 1.54. The number of ether oxygens (including phenoxy) is 1. The van der Waals surface area contributed by atoms with Crippen LogP contribution in [0.1, 0.15) is 36.3 Å². The molecular weight excluding hydrogens is 412 g/mol. The Hall–Kier alpha value is -3.30. The maximum Gasteiger partial charge on any atom is 0.270 e. The van der Waals surface area contributed by atoms with E-state index in [0.717, 1.165) is 67.7 Å². The molecule has 5 rings (SSSR count). The molecule has 0 amide bonds. The van der Waals surface area contributed by atoms with Crippen molar-refractivity contribution in [2.75, 3.05) is 49.2 Å². The Morgan fingerprint density at radius 3 is 2.52 bits per heavy atom. The minimum absolute atomic E-state index is 0.219. The van der Waals surface area contributed by atoms with Crippen LogP contribution < -0.4 is 15.4 Å². The summed E-state index contributed by atoms with van der Waals surface area (Å²) in [4.78, 5) is 17.8. The topological polar surface area (TPSA) is 61.5 Å². The quantitative estimate of drug-likeness (QED) is 0.613. The summed E-state index contributed by atoms with van der Waals surface area (Å²) < 4.78 is 7.12. The van der Waals surface area contributed by atoms with Crippen molar-refractivity contribution in [1.82, 2.24) is 4.57 Å². The first-order valence-corrected chi connectivity index (χ1v) is 11.9. The molecule has 6 heteroatoms. The van der Waals surface area contributed by atoms with E-state index in [0.29, 0.717) is 19.1 Å². The average Bonchev–Trinajstić information content (AvgIpc) is 3.13. The Bertz CT molecular complexity index is 1240. The molecule has 0 aliphatic carbocycles. The number of nitriles is 1. The first kappa shape index (κ1) is 21.5. The lowest BCUT2D eigenvalue weighted by molar-refractivity contribution is 0.122. The van der Waals surface area contributed by atoms with Gasteiger partial charge in [-0.2, -0.15) is 5.26 Å². The molecule has 0 N–H and O–H groups in total. The van der Waals surface area contributed by atoms with Crippen molar-refractivity contribution < 1.29 is 4.74 Å². The maximum atomic E-state index is 13.2. The summed E-state index contributed by atoms with van der Waals surface area (Å²) in [5.41, 5.74) is 4.19. The molecule has 3 aromatic rings. The molecule has 1 aromatic heterocycles. The molecule has 0 saturated carbocycles. The lowest BCUT2D eigenvalue weighted by atomic mass is 9.92. The van der Waals surface area contributed by atoms with Crippen molar-refractivity contribution in [3.05, 3.63) is 70.0 Å². The Labute approximate surface area is 194 Å². The summed E-state index contributed by atoms with van der Waals surface area (Å²) in [6, 6.07) is 19.2. The Morgan fingerprint density at radius 2 is 1.76 bits per heavy atom. The second-order valence-corrected chi connectivity index (χ2v) is 9.03. The van der Waals surface area contributed by atoms with E-state index in [1.165, 1.54) is 5.56 Å². The van der Waals surface area contributed by atoms with E-state index in [-0.39, 0.29) is 11.1 Å². The summed E-state index contributed by atoms with van der Waals surface area (Å²) in [7, 11) is 1.77. The van der Waals surface area contributed by atoms with Crippen LogP contribution in [0.2, 0.25) is 0 Å². The molecular formula is C27H30N4O2. The minimum atomic E-state index is -0.219. The third-order valence-corrected chi connectivity index (χ3v) is 7.16. The largest absolute Gasteiger partial charge is 0.378 e. The number of nitrogens with zero attached hydrogens (tertiary/aromatic N) is 4. The molecule has 1 atom stereocenters. The number of anilines is 2. The number of aromatic nitrogens is 1. The lowest BCUT2D eigenvalue weighted by Gasteiger charge is -2.30. The first-order valence-electron chi connectivity index (χ1n) is 11.9. The smallest absolute Gasteiger partial charge is 0.270 e. The van der Waals surface area contributed by atoms with Crippen LogP contribution in [-0.2, 0) is 11.8 Å². The van der Waals surface area contributed by atoms with Crippen LogP contribution in [0.25, 0.3) is 10.9 Å². The van der Waals surface area contributed by atoms with Gasteiger partial charge >= 0.3 is 0 Å². The number of aryl methyl sites for hydroxylation is 1. The van der Waals surface area contributed by atoms with Gasteiger partial charge in [-0.15, -0.1) is 0 Å². The molecule has 33 heavy (non-hydrogen) atoms. The van der Waals surface area contributed by atoms with Crippen molar-refractivity contribution in [3.8, 4) is 6.07 Å². The van der Waals surface area contributed by atoms with E-state index in [1.807, 2.05) is 0 Å². The highest BCUT2D eigenvalue weighted by Crippen LogP contribution is 2.35. The fraction of sp³-hybridized carbons (Fsp3) is 0.407. The van der Waals surface area contributed by atoms with Crippen molar-refractivity contribution in [2.24, 2.45) is 7.05 Å². The molecule has 0 radical (unpaired) electrons. The van der Waals surface area contributed by atoms with E-state index >= 15 is 0 Å². The number of hydrogen-bond donors (Lipinski definition) is 0. The fourth-order valence-corrected chi connectivity index (χ4v) is 5.34. The predicted octanol–water partition coefficient (Wildman–Crippen LogP) is 4.02. The molecule has 0 spiro atoms. The van der Waals surface area contributed by atoms with Gasteiger partial charge in [0.2, 0.25) is 0 Å². The zero-order valence-corrected chi connectivity index (χ0v) is 19.2. The first-order chi connectivity index (χ1) is 16.2. The van der Waals surface area contributed by atoms with Crippen LogP contribution in [0.15, 0.2) is 53.3 Å². The van der Waals surface area contributed by atoms with Crippen LogP contribution in [0.4, 0.5) is 11.4 Å². The zero-order valence-electron chi connectivity index (χ0n) is 19.2. The van der Waals surface area contributed by atoms with Crippen molar-refractivity contribution in [2.45, 2.75) is 25.2 Å². The molecule has 3 heterocycles. The van der Waals surface area contributed by atoms with Gasteiger partial charge in [-0.1, -0.05) is 30.3 Å². The molecule has 2 saturated heterocycles. The SMILES string of the molecule is Cn1c(=O)c(C#N)c(N2CCCC(c3ccccc3)CC2)c2ccc(N3CCOCC3)cc21. The third-order valence-electron chi connectivity index (χ3n) is 7.16. The summed E-state index contributed by atoms with van der Waals surface area (Å²) in [5, 5.41) is 10.9. The Kier molecular flexibility index (Phi) is 6.06. The molecule has 170 valence electrons. The predicted molar refractivity (Wildman–Crippen MR) is 132 cm³/mol. The van der Waals surface area contributed by atoms with Gasteiger partial charge in [0.1, 0.15) is 11.6 Å². The molecule has 1 unspecified atom stereocenters. The van der Waals surface area contributed by atoms with E-state index in [2.05, 4.69) is 64.4 Å². The van der Waals surface area contributed by atoms with Gasteiger partial charge in [0.15, 0.2) is 0 Å². The van der Waals surface area contributed by atoms with Gasteiger partial charge in [-0.3, -0.25) is 4.79 Å². The summed E-state index contributed by atoms with van der Waals surface area (Å²) in [6.45, 7) is 4.80. The van der Waals surface area contributed by atoms with E-state index in [1.54, 1.807) is 11.6 Å².